The molecule has 5 heteroatoms. The van der Waals surface area contributed by atoms with Crippen LogP contribution < -0.4 is 5.32 Å². The summed E-state index contributed by atoms with van der Waals surface area (Å²) in [5, 5.41) is 13.7. The summed E-state index contributed by atoms with van der Waals surface area (Å²) in [5.41, 5.74) is -0.897. The number of aliphatic hydroxyl groups is 1. The van der Waals surface area contributed by atoms with Gasteiger partial charge in [0.25, 0.3) is 0 Å². The molecule has 19 heavy (non-hydrogen) atoms. The van der Waals surface area contributed by atoms with Crippen molar-refractivity contribution in [3.8, 4) is 0 Å². The van der Waals surface area contributed by atoms with Gasteiger partial charge in [-0.05, 0) is 52.9 Å². The molecule has 0 aliphatic heterocycles. The van der Waals surface area contributed by atoms with Crippen molar-refractivity contribution in [1.29, 1.82) is 0 Å². The number of hydrogen-bond donors (Lipinski definition) is 2. The van der Waals surface area contributed by atoms with E-state index in [0.717, 1.165) is 19.3 Å². The van der Waals surface area contributed by atoms with E-state index in [2.05, 4.69) is 26.1 Å². The predicted octanol–water partition coefficient (Wildman–Crippen LogP) is 1.73. The van der Waals surface area contributed by atoms with Crippen LogP contribution in [0.5, 0.6) is 0 Å². The summed E-state index contributed by atoms with van der Waals surface area (Å²) in [6.07, 6.45) is 4.41. The number of nitrogens with one attached hydrogen (secondary N) is 1. The third-order valence-electron chi connectivity index (χ3n) is 4.09. The average molecular weight is 291 g/mol. The van der Waals surface area contributed by atoms with Gasteiger partial charge in [0.15, 0.2) is 0 Å². The Morgan fingerprint density at radius 2 is 1.79 bits per heavy atom. The molecule has 3 unspecified atom stereocenters. The van der Waals surface area contributed by atoms with E-state index >= 15 is 0 Å². The molecule has 0 aromatic rings. The SMILES string of the molecule is CC(C)(C)NCC(C)(O)C1CCCC(S(C)(=O)=O)C1. The molecule has 0 heterocycles. The number of hydrogen-bond acceptors (Lipinski definition) is 4. The lowest BCUT2D eigenvalue weighted by Crippen LogP contribution is -2.51. The first-order valence-corrected chi connectivity index (χ1v) is 9.03. The molecule has 4 nitrogen and oxygen atoms in total. The smallest absolute Gasteiger partial charge is 0.150 e. The van der Waals surface area contributed by atoms with Crippen LogP contribution in [0.25, 0.3) is 0 Å². The second kappa shape index (κ2) is 5.70. The first-order chi connectivity index (χ1) is 8.42. The zero-order chi connectivity index (χ0) is 14.9. The molecule has 1 rings (SSSR count). The summed E-state index contributed by atoms with van der Waals surface area (Å²) in [4.78, 5) is 0. The maximum Gasteiger partial charge on any atom is 0.150 e. The molecule has 0 radical (unpaired) electrons. The van der Waals surface area contributed by atoms with Crippen LogP contribution in [0.1, 0.15) is 53.4 Å². The Labute approximate surface area is 117 Å². The molecular weight excluding hydrogens is 262 g/mol. The molecule has 0 amide bonds. The summed E-state index contributed by atoms with van der Waals surface area (Å²) in [6, 6.07) is 0. The van der Waals surface area contributed by atoms with Gasteiger partial charge >= 0.3 is 0 Å². The fourth-order valence-electron chi connectivity index (χ4n) is 2.69. The molecule has 1 aliphatic carbocycles. The van der Waals surface area contributed by atoms with Crippen LogP contribution in [0.15, 0.2) is 0 Å². The lowest BCUT2D eigenvalue weighted by atomic mass is 9.77. The van der Waals surface area contributed by atoms with Gasteiger partial charge in [-0.15, -0.1) is 0 Å². The molecule has 0 aromatic carbocycles. The van der Waals surface area contributed by atoms with Crippen molar-refractivity contribution >= 4 is 9.84 Å². The van der Waals surface area contributed by atoms with Gasteiger partial charge in [0.05, 0.1) is 10.9 Å². The Kier molecular flexibility index (Phi) is 5.08. The molecule has 1 saturated carbocycles. The van der Waals surface area contributed by atoms with Crippen LogP contribution in [0.3, 0.4) is 0 Å². The van der Waals surface area contributed by atoms with Gasteiger partial charge in [0.1, 0.15) is 9.84 Å². The molecular formula is C14H29NO3S. The van der Waals surface area contributed by atoms with Crippen LogP contribution in [-0.4, -0.2) is 42.7 Å². The fourth-order valence-corrected chi connectivity index (χ4v) is 3.86. The van der Waals surface area contributed by atoms with Gasteiger partial charge in [-0.25, -0.2) is 8.42 Å². The minimum atomic E-state index is -2.99. The average Bonchev–Trinajstić information content (AvgIpc) is 2.25. The van der Waals surface area contributed by atoms with Crippen LogP contribution in [-0.2, 0) is 9.84 Å². The monoisotopic (exact) mass is 291 g/mol. The zero-order valence-corrected chi connectivity index (χ0v) is 13.7. The molecule has 0 spiro atoms. The van der Waals surface area contributed by atoms with Crippen LogP contribution >= 0.6 is 0 Å². The third-order valence-corrected chi connectivity index (χ3v) is 5.73. The summed E-state index contributed by atoms with van der Waals surface area (Å²) >= 11 is 0. The van der Waals surface area contributed by atoms with E-state index in [1.807, 2.05) is 6.92 Å². The van der Waals surface area contributed by atoms with Crippen molar-refractivity contribution in [2.45, 2.75) is 69.8 Å². The number of sulfone groups is 1. The molecule has 114 valence electrons. The molecule has 1 aliphatic rings. The first kappa shape index (κ1) is 16.9. The second-order valence-electron chi connectivity index (χ2n) is 7.28. The predicted molar refractivity (Wildman–Crippen MR) is 79.0 cm³/mol. The minimum Gasteiger partial charge on any atom is -0.389 e. The Hall–Kier alpha value is -0.130. The van der Waals surface area contributed by atoms with Gasteiger partial charge in [-0.1, -0.05) is 6.42 Å². The van der Waals surface area contributed by atoms with Gasteiger partial charge in [0, 0.05) is 18.3 Å². The normalized spacial score (nSPS) is 28.9. The van der Waals surface area contributed by atoms with E-state index < -0.39 is 15.4 Å². The van der Waals surface area contributed by atoms with Crippen LogP contribution in [0.4, 0.5) is 0 Å². The highest BCUT2D eigenvalue weighted by atomic mass is 32.2. The Bertz CT molecular complexity index is 395. The highest BCUT2D eigenvalue weighted by molar-refractivity contribution is 7.91. The van der Waals surface area contributed by atoms with Crippen LogP contribution in [0, 0.1) is 5.92 Å². The number of rotatable bonds is 4. The number of β-amino-alcohol motifs (C(OH)–C–C–N with tert-alkyl or cyclic N) is 1. The maximum absolute atomic E-state index is 11.7. The summed E-state index contributed by atoms with van der Waals surface area (Å²) in [5.74, 6) is 0.0517. The van der Waals surface area contributed by atoms with E-state index in [4.69, 9.17) is 0 Å². The second-order valence-corrected chi connectivity index (χ2v) is 9.60. The van der Waals surface area contributed by atoms with Crippen molar-refractivity contribution in [1.82, 2.24) is 5.32 Å². The largest absolute Gasteiger partial charge is 0.389 e. The highest BCUT2D eigenvalue weighted by Crippen LogP contribution is 2.35. The van der Waals surface area contributed by atoms with Crippen molar-refractivity contribution in [2.24, 2.45) is 5.92 Å². The first-order valence-electron chi connectivity index (χ1n) is 7.08. The van der Waals surface area contributed by atoms with E-state index in [-0.39, 0.29) is 16.7 Å². The molecule has 3 atom stereocenters. The minimum absolute atomic E-state index is 0.0467. The Morgan fingerprint density at radius 3 is 2.26 bits per heavy atom. The van der Waals surface area contributed by atoms with E-state index in [1.165, 1.54) is 6.26 Å². The van der Waals surface area contributed by atoms with Crippen molar-refractivity contribution < 1.29 is 13.5 Å². The quantitative estimate of drug-likeness (QED) is 0.828. The third kappa shape index (κ3) is 5.40. The van der Waals surface area contributed by atoms with Crippen molar-refractivity contribution in [3.63, 3.8) is 0 Å². The Morgan fingerprint density at radius 1 is 1.21 bits per heavy atom. The lowest BCUT2D eigenvalue weighted by Gasteiger charge is -2.39. The molecule has 1 fully saturated rings. The zero-order valence-electron chi connectivity index (χ0n) is 12.9. The lowest BCUT2D eigenvalue weighted by molar-refractivity contribution is -0.0187. The Balaban J connectivity index is 2.67. The van der Waals surface area contributed by atoms with E-state index in [1.54, 1.807) is 0 Å². The maximum atomic E-state index is 11.7. The summed E-state index contributed by atoms with van der Waals surface area (Å²) in [6.45, 7) is 8.49. The molecule has 0 aromatic heterocycles. The highest BCUT2D eigenvalue weighted by Gasteiger charge is 2.38. The van der Waals surface area contributed by atoms with Gasteiger partial charge in [0.2, 0.25) is 0 Å². The summed E-state index contributed by atoms with van der Waals surface area (Å²) in [7, 11) is -2.99. The van der Waals surface area contributed by atoms with Crippen LogP contribution in [0.2, 0.25) is 0 Å². The fraction of sp³-hybridized carbons (Fsp3) is 1.00. The van der Waals surface area contributed by atoms with Gasteiger partial charge < -0.3 is 10.4 Å². The van der Waals surface area contributed by atoms with Gasteiger partial charge in [-0.2, -0.15) is 0 Å². The van der Waals surface area contributed by atoms with Gasteiger partial charge in [-0.3, -0.25) is 0 Å². The molecule has 0 saturated heterocycles. The topological polar surface area (TPSA) is 66.4 Å². The van der Waals surface area contributed by atoms with Crippen molar-refractivity contribution in [2.75, 3.05) is 12.8 Å². The van der Waals surface area contributed by atoms with E-state index in [0.29, 0.717) is 13.0 Å². The van der Waals surface area contributed by atoms with E-state index in [9.17, 15) is 13.5 Å². The standard InChI is InChI=1S/C14H29NO3S/c1-13(2,3)15-10-14(4,16)11-7-6-8-12(9-11)19(5,17)18/h11-12,15-16H,6-10H2,1-5H3. The van der Waals surface area contributed by atoms with Crippen molar-refractivity contribution in [3.05, 3.63) is 0 Å². The molecule has 0 bridgehead atoms. The summed E-state index contributed by atoms with van der Waals surface area (Å²) < 4.78 is 23.4. The molecule has 2 N–H and O–H groups in total.